The van der Waals surface area contributed by atoms with Gasteiger partial charge in [-0.25, -0.2) is 9.97 Å². The summed E-state index contributed by atoms with van der Waals surface area (Å²) in [5, 5.41) is 3.40. The number of halogens is 1. The fourth-order valence-corrected chi connectivity index (χ4v) is 2.69. The lowest BCUT2D eigenvalue weighted by atomic mass is 10.2. The highest BCUT2D eigenvalue weighted by atomic mass is 35.5. The van der Waals surface area contributed by atoms with Gasteiger partial charge in [-0.15, -0.1) is 0 Å². The fraction of sp³-hybridized carbons (Fsp3) is 0.353. The summed E-state index contributed by atoms with van der Waals surface area (Å²) in [6.07, 6.45) is 3.80. The number of hydrogen-bond acceptors (Lipinski definition) is 5. The Labute approximate surface area is 145 Å². The number of rotatable bonds is 5. The van der Waals surface area contributed by atoms with Gasteiger partial charge in [0.2, 0.25) is 0 Å². The first-order valence-corrected chi connectivity index (χ1v) is 8.25. The topological polar surface area (TPSA) is 67.3 Å². The highest BCUT2D eigenvalue weighted by molar-refractivity contribution is 6.31. The second-order valence-electron chi connectivity index (χ2n) is 5.70. The van der Waals surface area contributed by atoms with Crippen LogP contribution >= 0.6 is 11.6 Å². The van der Waals surface area contributed by atoms with Crippen molar-refractivity contribution < 1.29 is 9.53 Å². The molecule has 0 unspecified atom stereocenters. The van der Waals surface area contributed by atoms with Gasteiger partial charge in [0.15, 0.2) is 6.61 Å². The number of carbonyl (C=O) groups is 1. The zero-order chi connectivity index (χ0) is 16.9. The van der Waals surface area contributed by atoms with Crippen LogP contribution in [0.1, 0.15) is 18.4 Å². The van der Waals surface area contributed by atoms with Gasteiger partial charge in [0.05, 0.1) is 0 Å². The van der Waals surface area contributed by atoms with E-state index in [2.05, 4.69) is 20.2 Å². The summed E-state index contributed by atoms with van der Waals surface area (Å²) < 4.78 is 5.48. The first-order chi connectivity index (χ1) is 11.6. The molecule has 3 rings (SSSR count). The zero-order valence-electron chi connectivity index (χ0n) is 13.5. The third-order valence-corrected chi connectivity index (χ3v) is 4.27. The van der Waals surface area contributed by atoms with Crippen LogP contribution in [0.25, 0.3) is 0 Å². The molecule has 1 N–H and O–H groups in total. The number of aromatic nitrogens is 2. The minimum atomic E-state index is -0.270. The number of benzene rings is 1. The maximum Gasteiger partial charge on any atom is 0.263 e. The van der Waals surface area contributed by atoms with Crippen molar-refractivity contribution >= 4 is 29.1 Å². The van der Waals surface area contributed by atoms with Gasteiger partial charge in [-0.3, -0.25) is 4.79 Å². The molecular weight excluding hydrogens is 328 g/mol. The molecule has 0 atom stereocenters. The van der Waals surface area contributed by atoms with E-state index in [4.69, 9.17) is 16.3 Å². The van der Waals surface area contributed by atoms with Gasteiger partial charge < -0.3 is 15.0 Å². The average molecular weight is 347 g/mol. The Morgan fingerprint density at radius 3 is 2.83 bits per heavy atom. The van der Waals surface area contributed by atoms with Gasteiger partial charge in [0.25, 0.3) is 5.91 Å². The minimum Gasteiger partial charge on any atom is -0.484 e. The van der Waals surface area contributed by atoms with E-state index in [1.165, 1.54) is 19.2 Å². The second-order valence-corrected chi connectivity index (χ2v) is 6.11. The van der Waals surface area contributed by atoms with Gasteiger partial charge in [-0.05, 0) is 43.5 Å². The van der Waals surface area contributed by atoms with Gasteiger partial charge in [0, 0.05) is 24.2 Å². The molecule has 24 heavy (non-hydrogen) atoms. The van der Waals surface area contributed by atoms with Crippen LogP contribution < -0.4 is 15.0 Å². The molecule has 1 saturated heterocycles. The molecule has 0 spiro atoms. The SMILES string of the molecule is Cc1cc(OCC(=O)Nc2cc(N3CCCC3)ncn2)ccc1Cl. The van der Waals surface area contributed by atoms with Gasteiger partial charge in [0.1, 0.15) is 23.7 Å². The molecular formula is C17H19ClN4O2. The van der Waals surface area contributed by atoms with Crippen LogP contribution in [-0.2, 0) is 4.79 Å². The summed E-state index contributed by atoms with van der Waals surface area (Å²) in [6.45, 7) is 3.77. The van der Waals surface area contributed by atoms with E-state index in [9.17, 15) is 4.79 Å². The number of hydrogen-bond donors (Lipinski definition) is 1. The van der Waals surface area contributed by atoms with Crippen molar-refractivity contribution in [1.82, 2.24) is 9.97 Å². The molecule has 126 valence electrons. The van der Waals surface area contributed by atoms with Crippen molar-refractivity contribution in [2.75, 3.05) is 29.9 Å². The standard InChI is InChI=1S/C17H19ClN4O2/c1-12-8-13(4-5-14(12)18)24-10-17(23)21-15-9-16(20-11-19-15)22-6-2-3-7-22/h4-5,8-9,11H,2-3,6-7,10H2,1H3,(H,19,20,21,23). The Morgan fingerprint density at radius 2 is 2.08 bits per heavy atom. The third kappa shape index (κ3) is 4.14. The Balaban J connectivity index is 1.56. The Bertz CT molecular complexity index is 732. The molecule has 0 saturated carbocycles. The number of aryl methyl sites for hydroxylation is 1. The number of carbonyl (C=O) groups excluding carboxylic acids is 1. The van der Waals surface area contributed by atoms with Crippen molar-refractivity contribution in [3.05, 3.63) is 41.2 Å². The summed E-state index contributed by atoms with van der Waals surface area (Å²) in [7, 11) is 0. The van der Waals surface area contributed by atoms with Gasteiger partial charge in [-0.2, -0.15) is 0 Å². The van der Waals surface area contributed by atoms with Crippen molar-refractivity contribution in [3.8, 4) is 5.75 Å². The third-order valence-electron chi connectivity index (χ3n) is 3.85. The zero-order valence-corrected chi connectivity index (χ0v) is 14.2. The van der Waals surface area contributed by atoms with Crippen molar-refractivity contribution in [2.45, 2.75) is 19.8 Å². The van der Waals surface area contributed by atoms with E-state index in [1.54, 1.807) is 24.3 Å². The van der Waals surface area contributed by atoms with E-state index in [0.29, 0.717) is 16.6 Å². The van der Waals surface area contributed by atoms with E-state index >= 15 is 0 Å². The summed E-state index contributed by atoms with van der Waals surface area (Å²) >= 11 is 5.97. The summed E-state index contributed by atoms with van der Waals surface area (Å²) in [6, 6.07) is 7.07. The minimum absolute atomic E-state index is 0.0931. The summed E-state index contributed by atoms with van der Waals surface area (Å²) in [5.41, 5.74) is 0.903. The van der Waals surface area contributed by atoms with Crippen LogP contribution in [0.4, 0.5) is 11.6 Å². The fourth-order valence-electron chi connectivity index (χ4n) is 2.57. The molecule has 1 aromatic heterocycles. The van der Waals surface area contributed by atoms with Crippen molar-refractivity contribution in [1.29, 1.82) is 0 Å². The Hall–Kier alpha value is -2.34. The maximum atomic E-state index is 12.0. The average Bonchev–Trinajstić information content (AvgIpc) is 3.11. The summed E-state index contributed by atoms with van der Waals surface area (Å²) in [4.78, 5) is 22.6. The largest absolute Gasteiger partial charge is 0.484 e. The monoisotopic (exact) mass is 346 g/mol. The van der Waals surface area contributed by atoms with E-state index < -0.39 is 0 Å². The summed E-state index contributed by atoms with van der Waals surface area (Å²) in [5.74, 6) is 1.65. The highest BCUT2D eigenvalue weighted by Gasteiger charge is 2.14. The van der Waals surface area contributed by atoms with E-state index in [-0.39, 0.29) is 12.5 Å². The molecule has 1 amide bonds. The number of anilines is 2. The number of amides is 1. The predicted octanol–water partition coefficient (Wildman–Crippen LogP) is 3.06. The van der Waals surface area contributed by atoms with Crippen LogP contribution in [-0.4, -0.2) is 35.6 Å². The molecule has 1 fully saturated rings. The number of nitrogens with zero attached hydrogens (tertiary/aromatic N) is 3. The lowest BCUT2D eigenvalue weighted by molar-refractivity contribution is -0.118. The molecule has 7 heteroatoms. The quantitative estimate of drug-likeness (QED) is 0.901. The van der Waals surface area contributed by atoms with Crippen LogP contribution in [0.15, 0.2) is 30.6 Å². The molecule has 6 nitrogen and oxygen atoms in total. The molecule has 0 radical (unpaired) electrons. The van der Waals surface area contributed by atoms with Crippen LogP contribution in [0, 0.1) is 6.92 Å². The number of nitrogens with one attached hydrogen (secondary N) is 1. The van der Waals surface area contributed by atoms with Crippen molar-refractivity contribution in [3.63, 3.8) is 0 Å². The van der Waals surface area contributed by atoms with Gasteiger partial charge in [-0.1, -0.05) is 11.6 Å². The molecule has 2 heterocycles. The van der Waals surface area contributed by atoms with Crippen LogP contribution in [0.2, 0.25) is 5.02 Å². The van der Waals surface area contributed by atoms with E-state index in [0.717, 1.165) is 24.5 Å². The lowest BCUT2D eigenvalue weighted by Gasteiger charge is -2.16. The highest BCUT2D eigenvalue weighted by Crippen LogP contribution is 2.21. The first kappa shape index (κ1) is 16.5. The number of ether oxygens (including phenoxy) is 1. The maximum absolute atomic E-state index is 12.0. The normalized spacial score (nSPS) is 13.8. The molecule has 1 aliphatic heterocycles. The van der Waals surface area contributed by atoms with Gasteiger partial charge >= 0.3 is 0 Å². The molecule has 2 aromatic rings. The second kappa shape index (κ2) is 7.49. The lowest BCUT2D eigenvalue weighted by Crippen LogP contribution is -2.22. The first-order valence-electron chi connectivity index (χ1n) is 7.87. The van der Waals surface area contributed by atoms with Crippen LogP contribution in [0.3, 0.4) is 0 Å². The van der Waals surface area contributed by atoms with Crippen molar-refractivity contribution in [2.24, 2.45) is 0 Å². The van der Waals surface area contributed by atoms with Crippen LogP contribution in [0.5, 0.6) is 5.75 Å². The molecule has 1 aromatic carbocycles. The van der Waals surface area contributed by atoms with E-state index in [1.807, 2.05) is 6.92 Å². The predicted molar refractivity (Wildman–Crippen MR) is 93.8 cm³/mol. The Morgan fingerprint density at radius 1 is 1.29 bits per heavy atom. The molecule has 0 aliphatic carbocycles. The molecule has 0 bridgehead atoms. The smallest absolute Gasteiger partial charge is 0.263 e. The molecule has 1 aliphatic rings. The Kier molecular flexibility index (Phi) is 5.15.